The van der Waals surface area contributed by atoms with Crippen molar-refractivity contribution >= 4 is 45.0 Å². The Kier molecular flexibility index (Phi) is 10.1. The second-order valence-electron chi connectivity index (χ2n) is 14.5. The maximum atomic E-state index is 13.3. The topological polar surface area (TPSA) is 96.3 Å². The van der Waals surface area contributed by atoms with Crippen LogP contribution in [-0.2, 0) is 0 Å². The van der Waals surface area contributed by atoms with Gasteiger partial charge in [0.2, 0.25) is 0 Å². The summed E-state index contributed by atoms with van der Waals surface area (Å²) in [7, 11) is 0. The summed E-state index contributed by atoms with van der Waals surface area (Å²) in [5.74, 6) is -0.301. The first-order chi connectivity index (χ1) is 25.9. The Hall–Kier alpha value is -5.32. The van der Waals surface area contributed by atoms with Gasteiger partial charge in [0.1, 0.15) is 11.6 Å². The molecule has 2 saturated heterocycles. The number of halogens is 2. The summed E-state index contributed by atoms with van der Waals surface area (Å²) in [4.78, 5) is 37.5. The highest BCUT2D eigenvalue weighted by Gasteiger charge is 2.25. The number of hydrogen-bond donors (Lipinski definition) is 4. The number of amides is 2. The Bertz CT molecular complexity index is 2050. The molecule has 0 saturated carbocycles. The van der Waals surface area contributed by atoms with Crippen molar-refractivity contribution in [2.45, 2.75) is 43.9 Å². The lowest BCUT2D eigenvalue weighted by molar-refractivity contribution is 0.101. The van der Waals surface area contributed by atoms with Crippen molar-refractivity contribution in [3.05, 3.63) is 131 Å². The highest BCUT2D eigenvalue weighted by atomic mass is 19.1. The van der Waals surface area contributed by atoms with Crippen LogP contribution in [-0.4, -0.2) is 70.9 Å². The number of anilines is 2. The van der Waals surface area contributed by atoms with Crippen molar-refractivity contribution in [1.82, 2.24) is 19.8 Å². The summed E-state index contributed by atoms with van der Waals surface area (Å²) in [6.07, 6.45) is 9.83. The number of carbonyl (C=O) groups is 2. The Morgan fingerprint density at radius 3 is 1.38 bits per heavy atom. The second-order valence-corrected chi connectivity index (χ2v) is 14.5. The molecule has 4 N–H and O–H groups in total. The largest absolute Gasteiger partial charge is 0.361 e. The third-order valence-electron chi connectivity index (χ3n) is 11.2. The zero-order valence-corrected chi connectivity index (χ0v) is 29.6. The molecular weight excluding hydrogens is 671 g/mol. The zero-order valence-electron chi connectivity index (χ0n) is 29.6. The van der Waals surface area contributed by atoms with Gasteiger partial charge in [0.15, 0.2) is 0 Å². The van der Waals surface area contributed by atoms with Crippen LogP contribution in [0.3, 0.4) is 0 Å². The van der Waals surface area contributed by atoms with Gasteiger partial charge in [0.05, 0.1) is 0 Å². The van der Waals surface area contributed by atoms with Crippen molar-refractivity contribution in [1.29, 1.82) is 0 Å². The standard InChI is InChI=1S/C43H44F2N6O2/c44-32-6-2-30(3-7-32)42(52)48-34-10-12-40-36(24-34)38(26-46-40)28-14-20-50(21-15-28)18-1-19-51-22-16-29(17-23-51)39-27-47-41-13-11-35(25-37(39)41)49-43(53)31-4-8-33(45)9-5-31/h2-13,24-29,46-47H,1,14-23H2,(H,48,52)(H,49,53). The molecule has 10 heteroatoms. The number of likely N-dealkylation sites (tertiary alicyclic amines) is 2. The van der Waals surface area contributed by atoms with Gasteiger partial charge in [-0.05, 0) is 179 Å². The quantitative estimate of drug-likeness (QED) is 0.114. The maximum Gasteiger partial charge on any atom is 0.255 e. The maximum absolute atomic E-state index is 13.3. The molecular formula is C43H44F2N6O2. The summed E-state index contributed by atoms with van der Waals surface area (Å²) >= 11 is 0. The molecule has 53 heavy (non-hydrogen) atoms. The fourth-order valence-corrected chi connectivity index (χ4v) is 8.18. The number of fused-ring (bicyclic) bond motifs is 2. The van der Waals surface area contributed by atoms with E-state index in [1.165, 1.54) is 59.7 Å². The van der Waals surface area contributed by atoms with Gasteiger partial charge in [-0.15, -0.1) is 0 Å². The van der Waals surface area contributed by atoms with Gasteiger partial charge >= 0.3 is 0 Å². The van der Waals surface area contributed by atoms with Gasteiger partial charge in [0, 0.05) is 56.7 Å². The van der Waals surface area contributed by atoms with Crippen LogP contribution in [0.2, 0.25) is 0 Å². The molecule has 2 aliphatic rings. The lowest BCUT2D eigenvalue weighted by Crippen LogP contribution is -2.37. The van der Waals surface area contributed by atoms with Gasteiger partial charge < -0.3 is 30.4 Å². The molecule has 0 radical (unpaired) electrons. The number of hydrogen-bond acceptors (Lipinski definition) is 4. The fourth-order valence-electron chi connectivity index (χ4n) is 8.18. The first-order valence-corrected chi connectivity index (χ1v) is 18.7. The summed E-state index contributed by atoms with van der Waals surface area (Å²) < 4.78 is 26.6. The molecule has 8 nitrogen and oxygen atoms in total. The van der Waals surface area contributed by atoms with Crippen LogP contribution in [0.25, 0.3) is 21.8 Å². The normalized spacial score (nSPS) is 16.3. The van der Waals surface area contributed by atoms with Gasteiger partial charge in [-0.1, -0.05) is 0 Å². The van der Waals surface area contributed by atoms with Crippen LogP contribution in [0.4, 0.5) is 20.2 Å². The number of benzene rings is 4. The van der Waals surface area contributed by atoms with Crippen molar-refractivity contribution in [2.24, 2.45) is 0 Å². The van der Waals surface area contributed by atoms with Crippen molar-refractivity contribution < 1.29 is 18.4 Å². The summed E-state index contributed by atoms with van der Waals surface area (Å²) in [5.41, 5.74) is 7.05. The molecule has 0 aliphatic carbocycles. The Morgan fingerprint density at radius 2 is 0.981 bits per heavy atom. The van der Waals surface area contributed by atoms with Crippen molar-refractivity contribution in [3.63, 3.8) is 0 Å². The molecule has 272 valence electrons. The number of aromatic amines is 2. The third kappa shape index (κ3) is 7.89. The van der Waals surface area contributed by atoms with Crippen LogP contribution >= 0.6 is 0 Å². The van der Waals surface area contributed by atoms with Gasteiger partial charge in [-0.3, -0.25) is 9.59 Å². The number of carbonyl (C=O) groups excluding carboxylic acids is 2. The number of piperidine rings is 2. The molecule has 8 rings (SSSR count). The molecule has 2 amide bonds. The van der Waals surface area contributed by atoms with Crippen molar-refractivity contribution in [2.75, 3.05) is 49.9 Å². The Balaban J connectivity index is 0.792. The molecule has 2 aliphatic heterocycles. The first-order valence-electron chi connectivity index (χ1n) is 18.7. The number of H-pyrrole nitrogens is 2. The predicted octanol–water partition coefficient (Wildman–Crippen LogP) is 8.88. The minimum absolute atomic E-state index is 0.253. The number of aromatic nitrogens is 2. The molecule has 0 unspecified atom stereocenters. The van der Waals surface area contributed by atoms with E-state index in [1.54, 1.807) is 0 Å². The monoisotopic (exact) mass is 714 g/mol. The van der Waals surface area contributed by atoms with E-state index in [-0.39, 0.29) is 23.4 Å². The van der Waals surface area contributed by atoms with Crippen LogP contribution in [0.15, 0.2) is 97.3 Å². The third-order valence-corrected chi connectivity index (χ3v) is 11.2. The van der Waals surface area contributed by atoms with Gasteiger partial charge in [-0.25, -0.2) is 8.78 Å². The number of nitrogens with one attached hydrogen (secondary N) is 4. The van der Waals surface area contributed by atoms with E-state index in [1.807, 2.05) is 36.4 Å². The predicted molar refractivity (Wildman–Crippen MR) is 207 cm³/mol. The zero-order chi connectivity index (χ0) is 36.3. The average Bonchev–Trinajstić information content (AvgIpc) is 3.80. The lowest BCUT2D eigenvalue weighted by atomic mass is 9.88. The van der Waals surface area contributed by atoms with Crippen LogP contribution in [0.5, 0.6) is 0 Å². The summed E-state index contributed by atoms with van der Waals surface area (Å²) in [6, 6.07) is 23.1. The molecule has 0 spiro atoms. The van der Waals surface area contributed by atoms with Gasteiger partial charge in [0.25, 0.3) is 11.8 Å². The summed E-state index contributed by atoms with van der Waals surface area (Å²) in [6.45, 7) is 6.52. The number of nitrogens with zero attached hydrogens (tertiary/aromatic N) is 2. The van der Waals surface area contributed by atoms with Gasteiger partial charge in [-0.2, -0.15) is 0 Å². The van der Waals surface area contributed by atoms with E-state index in [2.05, 4.69) is 42.8 Å². The molecule has 0 atom stereocenters. The van der Waals surface area contributed by atoms with E-state index >= 15 is 0 Å². The summed E-state index contributed by atoms with van der Waals surface area (Å²) in [5, 5.41) is 8.22. The van der Waals surface area contributed by atoms with E-state index in [0.29, 0.717) is 23.0 Å². The lowest BCUT2D eigenvalue weighted by Gasteiger charge is -2.34. The van der Waals surface area contributed by atoms with Crippen LogP contribution in [0.1, 0.15) is 75.8 Å². The van der Waals surface area contributed by atoms with Crippen LogP contribution < -0.4 is 10.6 Å². The average molecular weight is 715 g/mol. The molecule has 4 heterocycles. The van der Waals surface area contributed by atoms with E-state index in [0.717, 1.165) is 105 Å². The minimum Gasteiger partial charge on any atom is -0.361 e. The molecule has 4 aromatic carbocycles. The first kappa shape index (κ1) is 34.7. The smallest absolute Gasteiger partial charge is 0.255 e. The van der Waals surface area contributed by atoms with E-state index in [9.17, 15) is 18.4 Å². The fraction of sp³-hybridized carbons (Fsp3) is 0.302. The molecule has 0 bridgehead atoms. The van der Waals surface area contributed by atoms with E-state index in [4.69, 9.17) is 0 Å². The highest BCUT2D eigenvalue weighted by molar-refractivity contribution is 6.06. The molecule has 2 aromatic heterocycles. The number of rotatable bonds is 10. The Labute approximate surface area is 307 Å². The minimum atomic E-state index is -0.364. The SMILES string of the molecule is O=C(Nc1ccc2[nH]cc(C3CCN(CCCN4CCC(c5c[nH]c6ccc(NC(=O)c7ccc(F)cc7)cc56)CC4)CC3)c2c1)c1ccc(F)cc1. The molecule has 6 aromatic rings. The second kappa shape index (κ2) is 15.3. The van der Waals surface area contributed by atoms with E-state index < -0.39 is 0 Å². The van der Waals surface area contributed by atoms with Crippen molar-refractivity contribution in [3.8, 4) is 0 Å². The highest BCUT2D eigenvalue weighted by Crippen LogP contribution is 2.36. The Morgan fingerprint density at radius 1 is 0.585 bits per heavy atom. The van der Waals surface area contributed by atoms with Crippen LogP contribution in [0, 0.1) is 11.6 Å². The molecule has 2 fully saturated rings.